The molecule has 0 fully saturated rings. The number of aliphatic hydroxyl groups is 1. The largest absolute Gasteiger partial charge is 0.388 e. The van der Waals surface area contributed by atoms with E-state index in [0.29, 0.717) is 0 Å². The Morgan fingerprint density at radius 1 is 1.55 bits per heavy atom. The number of hydrogen-bond acceptors (Lipinski definition) is 1. The van der Waals surface area contributed by atoms with Crippen molar-refractivity contribution in [2.24, 2.45) is 0 Å². The van der Waals surface area contributed by atoms with E-state index in [0.717, 1.165) is 31.3 Å². The summed E-state index contributed by atoms with van der Waals surface area (Å²) in [5.41, 5.74) is 1.11. The molecule has 0 amide bonds. The fourth-order valence-electron chi connectivity index (χ4n) is 1.32. The molecule has 0 aromatic rings. The lowest BCUT2D eigenvalue weighted by molar-refractivity contribution is 0.202. The Bertz CT molecular complexity index is 168. The van der Waals surface area contributed by atoms with Crippen LogP contribution in [0, 0.1) is 0 Å². The molecule has 1 N–H and O–H groups in total. The fraction of sp³-hybridized carbons (Fsp3) is 0.600. The topological polar surface area (TPSA) is 20.2 Å². The Hall–Kier alpha value is -0.560. The molecule has 1 aliphatic rings. The van der Waals surface area contributed by atoms with Gasteiger partial charge in [-0.15, -0.1) is 0 Å². The second kappa shape index (κ2) is 4.35. The van der Waals surface area contributed by atoms with Gasteiger partial charge in [-0.1, -0.05) is 31.6 Å². The first-order chi connectivity index (χ1) is 5.34. The summed E-state index contributed by atoms with van der Waals surface area (Å²) in [7, 11) is 0. The molecule has 1 aliphatic carbocycles. The van der Waals surface area contributed by atoms with Crippen LogP contribution in [0.4, 0.5) is 0 Å². The highest BCUT2D eigenvalue weighted by molar-refractivity contribution is 5.25. The summed E-state index contributed by atoms with van der Waals surface area (Å²) in [5, 5.41) is 9.55. The molecule has 62 valence electrons. The summed E-state index contributed by atoms with van der Waals surface area (Å²) >= 11 is 0. The van der Waals surface area contributed by atoms with Gasteiger partial charge in [0.05, 0.1) is 6.10 Å². The van der Waals surface area contributed by atoms with Crippen molar-refractivity contribution in [3.05, 3.63) is 23.8 Å². The van der Waals surface area contributed by atoms with Gasteiger partial charge in [0.25, 0.3) is 0 Å². The second-order valence-electron chi connectivity index (χ2n) is 2.99. The van der Waals surface area contributed by atoms with Crippen molar-refractivity contribution in [3.8, 4) is 0 Å². The molecule has 0 heterocycles. The molecule has 1 rings (SSSR count). The SMILES string of the molecule is CCCC(O)C1=CCCC=C1. The Kier molecular flexibility index (Phi) is 3.37. The number of hydrogen-bond donors (Lipinski definition) is 1. The maximum absolute atomic E-state index is 9.55. The molecule has 1 heteroatoms. The zero-order valence-corrected chi connectivity index (χ0v) is 7.09. The molecular formula is C10H16O. The summed E-state index contributed by atoms with van der Waals surface area (Å²) in [6, 6.07) is 0. The van der Waals surface area contributed by atoms with E-state index in [1.165, 1.54) is 0 Å². The van der Waals surface area contributed by atoms with Gasteiger partial charge in [-0.2, -0.15) is 0 Å². The Morgan fingerprint density at radius 3 is 2.91 bits per heavy atom. The number of rotatable bonds is 3. The van der Waals surface area contributed by atoms with Crippen molar-refractivity contribution in [2.45, 2.75) is 38.7 Å². The third-order valence-electron chi connectivity index (χ3n) is 1.97. The molecule has 1 atom stereocenters. The normalized spacial score (nSPS) is 19.6. The van der Waals surface area contributed by atoms with E-state index in [9.17, 15) is 5.11 Å². The van der Waals surface area contributed by atoms with Gasteiger partial charge in [0, 0.05) is 0 Å². The Morgan fingerprint density at radius 2 is 2.36 bits per heavy atom. The highest BCUT2D eigenvalue weighted by Crippen LogP contribution is 2.16. The van der Waals surface area contributed by atoms with E-state index in [2.05, 4.69) is 19.1 Å². The Labute approximate surface area is 68.4 Å². The lowest BCUT2D eigenvalue weighted by Crippen LogP contribution is -2.09. The first-order valence-electron chi connectivity index (χ1n) is 4.39. The van der Waals surface area contributed by atoms with Crippen LogP contribution < -0.4 is 0 Å². The highest BCUT2D eigenvalue weighted by Gasteiger charge is 2.07. The third kappa shape index (κ3) is 2.51. The monoisotopic (exact) mass is 152 g/mol. The van der Waals surface area contributed by atoms with Gasteiger partial charge >= 0.3 is 0 Å². The molecule has 0 aromatic carbocycles. The van der Waals surface area contributed by atoms with Crippen LogP contribution >= 0.6 is 0 Å². The van der Waals surface area contributed by atoms with Crippen molar-refractivity contribution in [3.63, 3.8) is 0 Å². The van der Waals surface area contributed by atoms with E-state index in [-0.39, 0.29) is 6.10 Å². The van der Waals surface area contributed by atoms with E-state index >= 15 is 0 Å². The van der Waals surface area contributed by atoms with Crippen molar-refractivity contribution >= 4 is 0 Å². The van der Waals surface area contributed by atoms with Gasteiger partial charge in [0.15, 0.2) is 0 Å². The maximum atomic E-state index is 9.55. The van der Waals surface area contributed by atoms with Gasteiger partial charge in [0.2, 0.25) is 0 Å². The van der Waals surface area contributed by atoms with Crippen molar-refractivity contribution < 1.29 is 5.11 Å². The standard InChI is InChI=1S/C10H16O/c1-2-6-10(11)9-7-4-3-5-8-9/h4,7-8,10-11H,2-3,5-6H2,1H3. The fourth-order valence-corrected chi connectivity index (χ4v) is 1.32. The van der Waals surface area contributed by atoms with Crippen LogP contribution in [0.2, 0.25) is 0 Å². The lowest BCUT2D eigenvalue weighted by atomic mass is 9.99. The van der Waals surface area contributed by atoms with Crippen LogP contribution in [0.3, 0.4) is 0 Å². The van der Waals surface area contributed by atoms with E-state index < -0.39 is 0 Å². The van der Waals surface area contributed by atoms with Gasteiger partial charge < -0.3 is 5.11 Å². The molecule has 0 spiro atoms. The van der Waals surface area contributed by atoms with Crippen LogP contribution in [0.15, 0.2) is 23.8 Å². The quantitative estimate of drug-likeness (QED) is 0.658. The van der Waals surface area contributed by atoms with Crippen LogP contribution in [0.25, 0.3) is 0 Å². The van der Waals surface area contributed by atoms with E-state index in [1.807, 2.05) is 6.08 Å². The smallest absolute Gasteiger partial charge is 0.0786 e. The van der Waals surface area contributed by atoms with Crippen molar-refractivity contribution in [2.75, 3.05) is 0 Å². The van der Waals surface area contributed by atoms with E-state index in [4.69, 9.17) is 0 Å². The minimum Gasteiger partial charge on any atom is -0.388 e. The molecule has 0 saturated heterocycles. The zero-order chi connectivity index (χ0) is 8.10. The zero-order valence-electron chi connectivity index (χ0n) is 7.09. The molecule has 11 heavy (non-hydrogen) atoms. The minimum absolute atomic E-state index is 0.225. The van der Waals surface area contributed by atoms with Crippen molar-refractivity contribution in [1.29, 1.82) is 0 Å². The molecule has 1 unspecified atom stereocenters. The van der Waals surface area contributed by atoms with Crippen LogP contribution in [0.5, 0.6) is 0 Å². The molecule has 0 bridgehead atoms. The lowest BCUT2D eigenvalue weighted by Gasteiger charge is -2.12. The molecule has 0 aliphatic heterocycles. The molecular weight excluding hydrogens is 136 g/mol. The number of allylic oxidation sites excluding steroid dienone is 2. The molecule has 0 saturated carbocycles. The summed E-state index contributed by atoms with van der Waals surface area (Å²) in [6.07, 6.45) is 10.2. The van der Waals surface area contributed by atoms with Gasteiger partial charge in [-0.25, -0.2) is 0 Å². The third-order valence-corrected chi connectivity index (χ3v) is 1.97. The van der Waals surface area contributed by atoms with Crippen LogP contribution in [0.1, 0.15) is 32.6 Å². The average molecular weight is 152 g/mol. The second-order valence-corrected chi connectivity index (χ2v) is 2.99. The minimum atomic E-state index is -0.225. The summed E-state index contributed by atoms with van der Waals surface area (Å²) in [6.45, 7) is 2.09. The highest BCUT2D eigenvalue weighted by atomic mass is 16.3. The predicted molar refractivity (Wildman–Crippen MR) is 47.4 cm³/mol. The summed E-state index contributed by atoms with van der Waals surface area (Å²) in [4.78, 5) is 0. The van der Waals surface area contributed by atoms with Gasteiger partial charge in [-0.3, -0.25) is 0 Å². The summed E-state index contributed by atoms with van der Waals surface area (Å²) < 4.78 is 0. The molecule has 1 nitrogen and oxygen atoms in total. The molecule has 0 aromatic heterocycles. The Balaban J connectivity index is 2.45. The molecule has 0 radical (unpaired) electrons. The first-order valence-corrected chi connectivity index (χ1v) is 4.39. The predicted octanol–water partition coefficient (Wildman–Crippen LogP) is 2.42. The average Bonchev–Trinajstić information content (AvgIpc) is 2.07. The number of aliphatic hydroxyl groups excluding tert-OH is 1. The van der Waals surface area contributed by atoms with Gasteiger partial charge in [-0.05, 0) is 24.8 Å². The van der Waals surface area contributed by atoms with Crippen LogP contribution in [-0.2, 0) is 0 Å². The maximum Gasteiger partial charge on any atom is 0.0786 e. The van der Waals surface area contributed by atoms with Crippen LogP contribution in [-0.4, -0.2) is 11.2 Å². The first kappa shape index (κ1) is 8.54. The van der Waals surface area contributed by atoms with Crippen molar-refractivity contribution in [1.82, 2.24) is 0 Å². The van der Waals surface area contributed by atoms with E-state index in [1.54, 1.807) is 0 Å². The summed E-state index contributed by atoms with van der Waals surface area (Å²) in [5.74, 6) is 0. The van der Waals surface area contributed by atoms with Gasteiger partial charge in [0.1, 0.15) is 0 Å².